The normalized spacial score (nSPS) is 10.4. The van der Waals surface area contributed by atoms with Crippen LogP contribution in [0.2, 0.25) is 0 Å². The van der Waals surface area contributed by atoms with Gasteiger partial charge in [0.15, 0.2) is 0 Å². The van der Waals surface area contributed by atoms with Gasteiger partial charge in [0.25, 0.3) is 0 Å². The summed E-state index contributed by atoms with van der Waals surface area (Å²) in [5.41, 5.74) is 1.14. The Morgan fingerprint density at radius 2 is 1.94 bits per heavy atom. The maximum atomic E-state index is 4.31. The molecule has 1 N–H and O–H groups in total. The molecule has 0 bridgehead atoms. The minimum absolute atomic E-state index is 0.831. The Morgan fingerprint density at radius 3 is 2.56 bits per heavy atom. The van der Waals surface area contributed by atoms with E-state index in [4.69, 9.17) is 0 Å². The van der Waals surface area contributed by atoms with Gasteiger partial charge < -0.3 is 5.32 Å². The second kappa shape index (κ2) is 4.79. The molecule has 2 aromatic rings. The fourth-order valence-electron chi connectivity index (χ4n) is 1.64. The molecule has 0 atom stereocenters. The SMILES string of the molecule is Cc1nc(C)n(CCNc2ccccc2)n1. The standard InChI is InChI=1S/C12H16N4/c1-10-14-11(2)16(15-10)9-8-13-12-6-4-3-5-7-12/h3-7,13H,8-9H2,1-2H3. The highest BCUT2D eigenvalue weighted by Crippen LogP contribution is 2.04. The second-order valence-corrected chi connectivity index (χ2v) is 3.72. The van der Waals surface area contributed by atoms with Gasteiger partial charge in [0.1, 0.15) is 11.6 Å². The third kappa shape index (κ3) is 2.59. The van der Waals surface area contributed by atoms with Crippen LogP contribution in [0, 0.1) is 13.8 Å². The van der Waals surface area contributed by atoms with Crippen LogP contribution in [0.3, 0.4) is 0 Å². The first-order chi connectivity index (χ1) is 7.75. The van der Waals surface area contributed by atoms with Crippen molar-refractivity contribution in [1.29, 1.82) is 0 Å². The highest BCUT2D eigenvalue weighted by Gasteiger charge is 2.00. The van der Waals surface area contributed by atoms with Gasteiger partial charge >= 0.3 is 0 Å². The molecule has 0 spiro atoms. The van der Waals surface area contributed by atoms with Crippen molar-refractivity contribution in [2.45, 2.75) is 20.4 Å². The molecule has 1 aromatic carbocycles. The third-order valence-electron chi connectivity index (χ3n) is 2.39. The van der Waals surface area contributed by atoms with E-state index in [1.807, 2.05) is 36.7 Å². The Labute approximate surface area is 95.3 Å². The predicted molar refractivity (Wildman–Crippen MR) is 64.4 cm³/mol. The fourth-order valence-corrected chi connectivity index (χ4v) is 1.64. The lowest BCUT2D eigenvalue weighted by molar-refractivity contribution is 0.612. The first kappa shape index (κ1) is 10.7. The monoisotopic (exact) mass is 216 g/mol. The number of aryl methyl sites for hydroxylation is 2. The Kier molecular flexibility index (Phi) is 3.19. The minimum atomic E-state index is 0.831. The van der Waals surface area contributed by atoms with Crippen molar-refractivity contribution in [1.82, 2.24) is 14.8 Å². The molecule has 2 rings (SSSR count). The smallest absolute Gasteiger partial charge is 0.147 e. The number of rotatable bonds is 4. The maximum Gasteiger partial charge on any atom is 0.147 e. The molecule has 84 valence electrons. The van der Waals surface area contributed by atoms with Gasteiger partial charge in [-0.2, -0.15) is 5.10 Å². The van der Waals surface area contributed by atoms with Crippen molar-refractivity contribution in [3.8, 4) is 0 Å². The molecule has 0 saturated carbocycles. The van der Waals surface area contributed by atoms with Crippen molar-refractivity contribution >= 4 is 5.69 Å². The predicted octanol–water partition coefficient (Wildman–Crippen LogP) is 2.01. The molecule has 16 heavy (non-hydrogen) atoms. The van der Waals surface area contributed by atoms with E-state index in [0.717, 1.165) is 30.4 Å². The van der Waals surface area contributed by atoms with E-state index >= 15 is 0 Å². The number of aromatic nitrogens is 3. The molecule has 0 fully saturated rings. The molecule has 1 aromatic heterocycles. The highest BCUT2D eigenvalue weighted by molar-refractivity contribution is 5.42. The van der Waals surface area contributed by atoms with Crippen LogP contribution in [0.15, 0.2) is 30.3 Å². The summed E-state index contributed by atoms with van der Waals surface area (Å²) in [5.74, 6) is 1.80. The molecule has 0 aliphatic carbocycles. The van der Waals surface area contributed by atoms with E-state index in [1.54, 1.807) is 0 Å². The molecule has 0 radical (unpaired) electrons. The zero-order valence-corrected chi connectivity index (χ0v) is 9.64. The van der Waals surface area contributed by atoms with Gasteiger partial charge in [-0.1, -0.05) is 18.2 Å². The summed E-state index contributed by atoms with van der Waals surface area (Å²) in [7, 11) is 0. The molecule has 0 unspecified atom stereocenters. The summed E-state index contributed by atoms with van der Waals surface area (Å²) in [6, 6.07) is 10.2. The average molecular weight is 216 g/mol. The summed E-state index contributed by atoms with van der Waals surface area (Å²) in [6.07, 6.45) is 0. The van der Waals surface area contributed by atoms with E-state index in [9.17, 15) is 0 Å². The van der Waals surface area contributed by atoms with E-state index in [2.05, 4.69) is 27.5 Å². The number of hydrogen-bond acceptors (Lipinski definition) is 3. The summed E-state index contributed by atoms with van der Waals surface area (Å²) in [6.45, 7) is 5.58. The summed E-state index contributed by atoms with van der Waals surface area (Å²) in [5, 5.41) is 7.65. The summed E-state index contributed by atoms with van der Waals surface area (Å²) in [4.78, 5) is 4.26. The van der Waals surface area contributed by atoms with Crippen LogP contribution < -0.4 is 5.32 Å². The highest BCUT2D eigenvalue weighted by atomic mass is 15.3. The van der Waals surface area contributed by atoms with Gasteiger partial charge in [0, 0.05) is 12.2 Å². The van der Waals surface area contributed by atoms with E-state index in [-0.39, 0.29) is 0 Å². The van der Waals surface area contributed by atoms with E-state index in [1.165, 1.54) is 0 Å². The number of hydrogen-bond donors (Lipinski definition) is 1. The molecule has 0 saturated heterocycles. The Balaban J connectivity index is 1.87. The second-order valence-electron chi connectivity index (χ2n) is 3.72. The van der Waals surface area contributed by atoms with E-state index < -0.39 is 0 Å². The average Bonchev–Trinajstić information content (AvgIpc) is 2.59. The summed E-state index contributed by atoms with van der Waals surface area (Å²) < 4.78 is 1.92. The quantitative estimate of drug-likeness (QED) is 0.850. The Morgan fingerprint density at radius 1 is 1.19 bits per heavy atom. The number of nitrogens with one attached hydrogen (secondary N) is 1. The number of benzene rings is 1. The third-order valence-corrected chi connectivity index (χ3v) is 2.39. The van der Waals surface area contributed by atoms with Crippen LogP contribution in [0.1, 0.15) is 11.6 Å². The first-order valence-corrected chi connectivity index (χ1v) is 5.42. The van der Waals surface area contributed by atoms with Crippen LogP contribution in [-0.2, 0) is 6.54 Å². The van der Waals surface area contributed by atoms with Crippen molar-refractivity contribution < 1.29 is 0 Å². The molecule has 0 amide bonds. The lowest BCUT2D eigenvalue weighted by Gasteiger charge is -2.06. The van der Waals surface area contributed by atoms with Gasteiger partial charge in [-0.25, -0.2) is 9.67 Å². The minimum Gasteiger partial charge on any atom is -0.383 e. The van der Waals surface area contributed by atoms with Crippen molar-refractivity contribution in [2.24, 2.45) is 0 Å². The van der Waals surface area contributed by atoms with Crippen LogP contribution in [-0.4, -0.2) is 21.3 Å². The van der Waals surface area contributed by atoms with Crippen LogP contribution in [0.4, 0.5) is 5.69 Å². The van der Waals surface area contributed by atoms with Gasteiger partial charge in [-0.15, -0.1) is 0 Å². The zero-order valence-electron chi connectivity index (χ0n) is 9.64. The molecule has 1 heterocycles. The maximum absolute atomic E-state index is 4.31. The van der Waals surface area contributed by atoms with Gasteiger partial charge in [-0.3, -0.25) is 0 Å². The molecule has 0 aliphatic heterocycles. The zero-order chi connectivity index (χ0) is 11.4. The topological polar surface area (TPSA) is 42.7 Å². The van der Waals surface area contributed by atoms with Crippen molar-refractivity contribution in [2.75, 3.05) is 11.9 Å². The Hall–Kier alpha value is -1.84. The summed E-state index contributed by atoms with van der Waals surface area (Å²) >= 11 is 0. The molecule has 4 heteroatoms. The van der Waals surface area contributed by atoms with Crippen LogP contribution >= 0.6 is 0 Å². The van der Waals surface area contributed by atoms with Crippen molar-refractivity contribution in [3.63, 3.8) is 0 Å². The van der Waals surface area contributed by atoms with Gasteiger partial charge in [-0.05, 0) is 26.0 Å². The molecular formula is C12H16N4. The lowest BCUT2D eigenvalue weighted by Crippen LogP contribution is -2.12. The number of anilines is 1. The molecular weight excluding hydrogens is 200 g/mol. The van der Waals surface area contributed by atoms with Gasteiger partial charge in [0.05, 0.1) is 6.54 Å². The first-order valence-electron chi connectivity index (χ1n) is 5.42. The van der Waals surface area contributed by atoms with Crippen LogP contribution in [0.25, 0.3) is 0 Å². The van der Waals surface area contributed by atoms with Crippen molar-refractivity contribution in [3.05, 3.63) is 42.0 Å². The number of para-hydroxylation sites is 1. The Bertz CT molecular complexity index is 447. The van der Waals surface area contributed by atoms with E-state index in [0.29, 0.717) is 0 Å². The van der Waals surface area contributed by atoms with Crippen LogP contribution in [0.5, 0.6) is 0 Å². The largest absolute Gasteiger partial charge is 0.383 e. The fraction of sp³-hybridized carbons (Fsp3) is 0.333. The molecule has 0 aliphatic rings. The molecule has 4 nitrogen and oxygen atoms in total. The van der Waals surface area contributed by atoms with Gasteiger partial charge in [0.2, 0.25) is 0 Å². The number of nitrogens with zero attached hydrogens (tertiary/aromatic N) is 3. The lowest BCUT2D eigenvalue weighted by atomic mass is 10.3.